The van der Waals surface area contributed by atoms with Gasteiger partial charge in [0.05, 0.1) is 24.2 Å². The highest BCUT2D eigenvalue weighted by atomic mass is 79.9. The highest BCUT2D eigenvalue weighted by Gasteiger charge is 2.18. The fraction of sp³-hybridized carbons (Fsp3) is 0.400. The first kappa shape index (κ1) is 12.4. The van der Waals surface area contributed by atoms with E-state index in [4.69, 9.17) is 15.6 Å². The Morgan fingerprint density at radius 1 is 1.67 bits per heavy atom. The molecule has 0 saturated heterocycles. The van der Waals surface area contributed by atoms with Crippen molar-refractivity contribution in [1.82, 2.24) is 0 Å². The lowest BCUT2D eigenvalue weighted by molar-refractivity contribution is 0.264. The maximum Gasteiger partial charge on any atom is 0.143 e. The molecule has 0 aliphatic rings. The molecule has 1 aromatic rings. The van der Waals surface area contributed by atoms with Gasteiger partial charge in [0.15, 0.2) is 0 Å². The van der Waals surface area contributed by atoms with Crippen molar-refractivity contribution in [2.45, 2.75) is 13.0 Å². The third-order valence-corrected chi connectivity index (χ3v) is 2.80. The molecule has 0 aromatic heterocycles. The van der Waals surface area contributed by atoms with Crippen molar-refractivity contribution in [3.8, 4) is 5.75 Å². The lowest BCUT2D eigenvalue weighted by Crippen LogP contribution is -2.16. The molecule has 3 N–H and O–H groups in total. The number of methoxy groups -OCH3 is 1. The Kier molecular flexibility index (Phi) is 4.07. The molecule has 0 radical (unpaired) electrons. The van der Waals surface area contributed by atoms with Crippen LogP contribution in [0.15, 0.2) is 10.5 Å². The van der Waals surface area contributed by atoms with Gasteiger partial charge in [-0.05, 0) is 28.9 Å². The number of aliphatic hydroxyl groups excluding tert-OH is 1. The lowest BCUT2D eigenvalue weighted by atomic mass is 10.0. The van der Waals surface area contributed by atoms with Crippen LogP contribution in [0.4, 0.5) is 4.39 Å². The van der Waals surface area contributed by atoms with Crippen LogP contribution >= 0.6 is 15.9 Å². The average molecular weight is 278 g/mol. The van der Waals surface area contributed by atoms with E-state index < -0.39 is 6.04 Å². The van der Waals surface area contributed by atoms with Gasteiger partial charge >= 0.3 is 0 Å². The van der Waals surface area contributed by atoms with Crippen molar-refractivity contribution in [1.29, 1.82) is 0 Å². The molecule has 1 unspecified atom stereocenters. The topological polar surface area (TPSA) is 55.5 Å². The van der Waals surface area contributed by atoms with Gasteiger partial charge in [0, 0.05) is 11.1 Å². The quantitative estimate of drug-likeness (QED) is 0.887. The molecule has 0 bridgehead atoms. The Balaban J connectivity index is 3.38. The minimum Gasteiger partial charge on any atom is -0.496 e. The van der Waals surface area contributed by atoms with Crippen molar-refractivity contribution in [3.05, 3.63) is 27.5 Å². The van der Waals surface area contributed by atoms with Gasteiger partial charge in [0.2, 0.25) is 0 Å². The van der Waals surface area contributed by atoms with Crippen molar-refractivity contribution in [2.24, 2.45) is 5.73 Å². The summed E-state index contributed by atoms with van der Waals surface area (Å²) in [6.45, 7) is 1.39. The lowest BCUT2D eigenvalue weighted by Gasteiger charge is -2.17. The highest BCUT2D eigenvalue weighted by Crippen LogP contribution is 2.33. The van der Waals surface area contributed by atoms with E-state index >= 15 is 0 Å². The van der Waals surface area contributed by atoms with Crippen molar-refractivity contribution in [2.75, 3.05) is 13.7 Å². The summed E-state index contributed by atoms with van der Waals surface area (Å²) in [7, 11) is 1.45. The number of halogens is 2. The number of hydrogen-bond donors (Lipinski definition) is 2. The van der Waals surface area contributed by atoms with E-state index in [0.717, 1.165) is 0 Å². The smallest absolute Gasteiger partial charge is 0.143 e. The van der Waals surface area contributed by atoms with Crippen LogP contribution in [-0.2, 0) is 0 Å². The van der Waals surface area contributed by atoms with E-state index in [9.17, 15) is 4.39 Å². The van der Waals surface area contributed by atoms with Crippen molar-refractivity contribution >= 4 is 15.9 Å². The fourth-order valence-corrected chi connectivity index (χ4v) is 1.95. The molecule has 0 fully saturated rings. The van der Waals surface area contributed by atoms with Gasteiger partial charge in [0.1, 0.15) is 11.6 Å². The molecule has 0 spiro atoms. The molecule has 1 aromatic carbocycles. The van der Waals surface area contributed by atoms with Crippen LogP contribution in [0.5, 0.6) is 5.75 Å². The van der Waals surface area contributed by atoms with Crippen LogP contribution in [0.25, 0.3) is 0 Å². The summed E-state index contributed by atoms with van der Waals surface area (Å²) in [6, 6.07) is 0.956. The summed E-state index contributed by atoms with van der Waals surface area (Å²) in [6.07, 6.45) is 0. The number of nitrogens with two attached hydrogens (primary N) is 1. The van der Waals surface area contributed by atoms with Crippen molar-refractivity contribution < 1.29 is 14.2 Å². The van der Waals surface area contributed by atoms with Gasteiger partial charge in [-0.1, -0.05) is 0 Å². The molecule has 0 aliphatic heterocycles. The van der Waals surface area contributed by atoms with Crippen molar-refractivity contribution in [3.63, 3.8) is 0 Å². The Morgan fingerprint density at radius 2 is 2.27 bits per heavy atom. The predicted octanol–water partition coefficient (Wildman–Crippen LogP) is 1.90. The third kappa shape index (κ3) is 2.30. The molecule has 3 nitrogen and oxygen atoms in total. The molecule has 84 valence electrons. The Hall–Kier alpha value is -0.650. The number of benzene rings is 1. The molecule has 15 heavy (non-hydrogen) atoms. The van der Waals surface area contributed by atoms with Gasteiger partial charge in [-0.15, -0.1) is 0 Å². The van der Waals surface area contributed by atoms with Gasteiger partial charge in [-0.2, -0.15) is 0 Å². The third-order valence-electron chi connectivity index (χ3n) is 2.22. The standard InChI is InChI=1S/C10H13BrFNO2/c1-5-9(12)7(11)3-6(8(13)4-14)10(5)15-2/h3,8,14H,4,13H2,1-2H3. The van der Waals surface area contributed by atoms with E-state index in [1.165, 1.54) is 13.2 Å². The summed E-state index contributed by atoms with van der Waals surface area (Å²) in [5.74, 6) is 0.0120. The summed E-state index contributed by atoms with van der Waals surface area (Å²) in [5.41, 5.74) is 6.65. The SMILES string of the molecule is COc1c(C(N)CO)cc(Br)c(F)c1C. The van der Waals surface area contributed by atoms with E-state index in [1.54, 1.807) is 6.92 Å². The maximum absolute atomic E-state index is 13.5. The Morgan fingerprint density at radius 3 is 2.73 bits per heavy atom. The normalized spacial score (nSPS) is 12.7. The largest absolute Gasteiger partial charge is 0.496 e. The van der Waals surface area contributed by atoms with Gasteiger partial charge in [-0.3, -0.25) is 0 Å². The van der Waals surface area contributed by atoms with Crippen LogP contribution in [0.1, 0.15) is 17.2 Å². The van der Waals surface area contributed by atoms with Crippen LogP contribution < -0.4 is 10.5 Å². The molecule has 1 rings (SSSR count). The summed E-state index contributed by atoms with van der Waals surface area (Å²) in [5, 5.41) is 8.97. The monoisotopic (exact) mass is 277 g/mol. The zero-order valence-corrected chi connectivity index (χ0v) is 10.1. The Bertz CT molecular complexity index is 371. The first-order valence-corrected chi connectivity index (χ1v) is 5.21. The zero-order valence-electron chi connectivity index (χ0n) is 8.55. The summed E-state index contributed by atoms with van der Waals surface area (Å²) >= 11 is 3.09. The van der Waals surface area contributed by atoms with Gasteiger partial charge in [-0.25, -0.2) is 4.39 Å². The van der Waals surface area contributed by atoms with Crippen LogP contribution in [0.2, 0.25) is 0 Å². The summed E-state index contributed by atoms with van der Waals surface area (Å²) in [4.78, 5) is 0. The molecular weight excluding hydrogens is 265 g/mol. The molecule has 5 heteroatoms. The minimum atomic E-state index is -0.574. The number of rotatable bonds is 3. The zero-order chi connectivity index (χ0) is 11.6. The van der Waals surface area contributed by atoms with Gasteiger partial charge < -0.3 is 15.6 Å². The summed E-state index contributed by atoms with van der Waals surface area (Å²) < 4.78 is 18.9. The second-order valence-electron chi connectivity index (χ2n) is 3.21. The van der Waals surface area contributed by atoms with Crippen LogP contribution in [0, 0.1) is 12.7 Å². The predicted molar refractivity (Wildman–Crippen MR) is 59.4 cm³/mol. The fourth-order valence-electron chi connectivity index (χ4n) is 1.41. The number of hydrogen-bond acceptors (Lipinski definition) is 3. The minimum absolute atomic E-state index is 0.214. The first-order chi connectivity index (χ1) is 7.02. The molecule has 0 amide bonds. The first-order valence-electron chi connectivity index (χ1n) is 4.41. The number of ether oxygens (including phenoxy) is 1. The Labute approximate surface area is 96.2 Å². The van der Waals surface area contributed by atoms with Gasteiger partial charge in [0.25, 0.3) is 0 Å². The van der Waals surface area contributed by atoms with Crippen LogP contribution in [0.3, 0.4) is 0 Å². The molecule has 1 atom stereocenters. The highest BCUT2D eigenvalue weighted by molar-refractivity contribution is 9.10. The van der Waals surface area contributed by atoms with E-state index in [-0.39, 0.29) is 12.4 Å². The second kappa shape index (κ2) is 4.92. The molecule has 0 aliphatic carbocycles. The maximum atomic E-state index is 13.5. The molecular formula is C10H13BrFNO2. The molecule has 0 saturated carbocycles. The molecule has 0 heterocycles. The number of aliphatic hydroxyl groups is 1. The average Bonchev–Trinajstić information content (AvgIpc) is 2.24. The van der Waals surface area contributed by atoms with Crippen LogP contribution in [-0.4, -0.2) is 18.8 Å². The second-order valence-corrected chi connectivity index (χ2v) is 4.06. The van der Waals surface area contributed by atoms with E-state index in [1.807, 2.05) is 0 Å². The van der Waals surface area contributed by atoms with E-state index in [2.05, 4.69) is 15.9 Å². The van der Waals surface area contributed by atoms with E-state index in [0.29, 0.717) is 21.3 Å².